The molecule has 1 aliphatic heterocycles. The van der Waals surface area contributed by atoms with Gasteiger partial charge < -0.3 is 9.30 Å². The maximum Gasteiger partial charge on any atom is 0.140 e. The molecular formula is C22H16N4O. The topological polar surface area (TPSA) is 63.7 Å². The Labute approximate surface area is 156 Å². The highest BCUT2D eigenvalue weighted by atomic mass is 16.5. The van der Waals surface area contributed by atoms with E-state index in [1.165, 1.54) is 5.56 Å². The van der Waals surface area contributed by atoms with Crippen molar-refractivity contribution >= 4 is 11.0 Å². The molecule has 0 radical (unpaired) electrons. The summed E-state index contributed by atoms with van der Waals surface area (Å²) in [4.78, 5) is 8.96. The number of pyridine rings is 1. The largest absolute Gasteiger partial charge is 0.371 e. The van der Waals surface area contributed by atoms with Gasteiger partial charge in [-0.1, -0.05) is 36.4 Å². The number of aromatic nitrogens is 3. The Bertz CT molecular complexity index is 1160. The first kappa shape index (κ1) is 15.7. The third-order valence-electron chi connectivity index (χ3n) is 4.98. The standard InChI is InChI=1S/C22H16N4O/c23-11-18-8-6-17(12-24-18)16-7-9-19-20(10-16)26-21(13-27-14-22(26)25-19)15-4-2-1-3-5-15/h1-10,12,21H,13-14H2. The van der Waals surface area contributed by atoms with Gasteiger partial charge in [-0.15, -0.1) is 0 Å². The van der Waals surface area contributed by atoms with Crippen LogP contribution in [0.2, 0.25) is 0 Å². The van der Waals surface area contributed by atoms with E-state index in [9.17, 15) is 0 Å². The predicted molar refractivity (Wildman–Crippen MR) is 102 cm³/mol. The highest BCUT2D eigenvalue weighted by molar-refractivity contribution is 5.83. The molecule has 4 aromatic rings. The summed E-state index contributed by atoms with van der Waals surface area (Å²) in [5.74, 6) is 0.945. The maximum absolute atomic E-state index is 8.95. The van der Waals surface area contributed by atoms with Gasteiger partial charge in [0, 0.05) is 11.8 Å². The van der Waals surface area contributed by atoms with E-state index in [0.29, 0.717) is 18.9 Å². The molecule has 1 aliphatic rings. The van der Waals surface area contributed by atoms with Crippen LogP contribution >= 0.6 is 0 Å². The van der Waals surface area contributed by atoms with Gasteiger partial charge in [-0.25, -0.2) is 9.97 Å². The van der Waals surface area contributed by atoms with Gasteiger partial charge in [-0.05, 0) is 35.4 Å². The van der Waals surface area contributed by atoms with Crippen LogP contribution < -0.4 is 0 Å². The van der Waals surface area contributed by atoms with Crippen LogP contribution in [0.15, 0.2) is 66.9 Å². The Morgan fingerprint density at radius 2 is 1.89 bits per heavy atom. The van der Waals surface area contributed by atoms with Crippen molar-refractivity contribution < 1.29 is 4.74 Å². The van der Waals surface area contributed by atoms with Crippen LogP contribution in [-0.2, 0) is 11.3 Å². The summed E-state index contributed by atoms with van der Waals surface area (Å²) in [6.07, 6.45) is 1.74. The number of hydrogen-bond acceptors (Lipinski definition) is 4. The summed E-state index contributed by atoms with van der Waals surface area (Å²) in [6.45, 7) is 1.15. The molecule has 130 valence electrons. The lowest BCUT2D eigenvalue weighted by Crippen LogP contribution is -2.24. The number of nitrogens with zero attached hydrogens (tertiary/aromatic N) is 4. The molecule has 0 saturated carbocycles. The van der Waals surface area contributed by atoms with Gasteiger partial charge >= 0.3 is 0 Å². The van der Waals surface area contributed by atoms with Crippen LogP contribution in [0.5, 0.6) is 0 Å². The van der Waals surface area contributed by atoms with Crippen molar-refractivity contribution in [2.24, 2.45) is 0 Å². The Kier molecular flexibility index (Phi) is 3.70. The average Bonchev–Trinajstić information content (AvgIpc) is 3.12. The van der Waals surface area contributed by atoms with Crippen molar-refractivity contribution in [2.45, 2.75) is 12.6 Å². The molecule has 5 rings (SSSR count). The second-order valence-corrected chi connectivity index (χ2v) is 6.59. The fourth-order valence-electron chi connectivity index (χ4n) is 3.66. The van der Waals surface area contributed by atoms with Crippen LogP contribution in [-0.4, -0.2) is 21.1 Å². The summed E-state index contributed by atoms with van der Waals surface area (Å²) in [5.41, 5.74) is 5.71. The van der Waals surface area contributed by atoms with E-state index in [-0.39, 0.29) is 6.04 Å². The van der Waals surface area contributed by atoms with E-state index in [1.807, 2.05) is 24.3 Å². The summed E-state index contributed by atoms with van der Waals surface area (Å²) in [5, 5.41) is 8.95. The molecular weight excluding hydrogens is 336 g/mol. The fourth-order valence-corrected chi connectivity index (χ4v) is 3.66. The zero-order valence-electron chi connectivity index (χ0n) is 14.5. The molecule has 3 heterocycles. The predicted octanol–water partition coefficient (Wildman–Crippen LogP) is 4.09. The number of nitriles is 1. The molecule has 2 aromatic carbocycles. The summed E-state index contributed by atoms with van der Waals surface area (Å²) in [7, 11) is 0. The van der Waals surface area contributed by atoms with E-state index < -0.39 is 0 Å². The summed E-state index contributed by atoms with van der Waals surface area (Å²) < 4.78 is 8.10. The minimum absolute atomic E-state index is 0.106. The van der Waals surface area contributed by atoms with Gasteiger partial charge in [0.05, 0.1) is 23.7 Å². The zero-order valence-corrected chi connectivity index (χ0v) is 14.5. The number of rotatable bonds is 2. The molecule has 1 unspecified atom stereocenters. The highest BCUT2D eigenvalue weighted by Crippen LogP contribution is 2.32. The number of benzene rings is 2. The van der Waals surface area contributed by atoms with Crippen molar-refractivity contribution in [3.05, 3.63) is 83.9 Å². The van der Waals surface area contributed by atoms with Crippen molar-refractivity contribution in [3.8, 4) is 17.2 Å². The molecule has 2 aromatic heterocycles. The van der Waals surface area contributed by atoms with Crippen molar-refractivity contribution in [2.75, 3.05) is 6.61 Å². The second-order valence-electron chi connectivity index (χ2n) is 6.59. The molecule has 27 heavy (non-hydrogen) atoms. The van der Waals surface area contributed by atoms with Crippen LogP contribution in [0.3, 0.4) is 0 Å². The summed E-state index contributed by atoms with van der Waals surface area (Å²) >= 11 is 0. The molecule has 5 nitrogen and oxygen atoms in total. The lowest BCUT2D eigenvalue weighted by molar-refractivity contribution is 0.0679. The van der Waals surface area contributed by atoms with E-state index >= 15 is 0 Å². The van der Waals surface area contributed by atoms with Crippen LogP contribution in [0.25, 0.3) is 22.2 Å². The van der Waals surface area contributed by atoms with Gasteiger partial charge in [0.2, 0.25) is 0 Å². The van der Waals surface area contributed by atoms with Crippen molar-refractivity contribution in [1.29, 1.82) is 5.26 Å². The Hall–Kier alpha value is -3.49. The third-order valence-corrected chi connectivity index (χ3v) is 4.98. The van der Waals surface area contributed by atoms with E-state index in [4.69, 9.17) is 15.0 Å². The third kappa shape index (κ3) is 2.67. The quantitative estimate of drug-likeness (QED) is 0.545. The molecule has 5 heteroatoms. The number of hydrogen-bond donors (Lipinski definition) is 0. The first-order valence-electron chi connectivity index (χ1n) is 8.83. The smallest absolute Gasteiger partial charge is 0.140 e. The molecule has 0 saturated heterocycles. The lowest BCUT2D eigenvalue weighted by atomic mass is 10.0. The second kappa shape index (κ2) is 6.35. The SMILES string of the molecule is N#Cc1ccc(-c2ccc3nc4n(c3c2)C(c2ccccc2)COC4)cn1. The fraction of sp³-hybridized carbons (Fsp3) is 0.136. The van der Waals surface area contributed by atoms with E-state index in [0.717, 1.165) is 28.0 Å². The first-order chi connectivity index (χ1) is 13.3. The lowest BCUT2D eigenvalue weighted by Gasteiger charge is -2.26. The van der Waals surface area contributed by atoms with Gasteiger partial charge in [-0.3, -0.25) is 0 Å². The average molecular weight is 352 g/mol. The zero-order chi connectivity index (χ0) is 18.2. The van der Waals surface area contributed by atoms with Gasteiger partial charge in [0.1, 0.15) is 24.2 Å². The number of imidazole rings is 1. The van der Waals surface area contributed by atoms with Gasteiger partial charge in [0.15, 0.2) is 0 Å². The normalized spacial score (nSPS) is 16.0. The molecule has 1 atom stereocenters. The molecule has 0 N–H and O–H groups in total. The van der Waals surface area contributed by atoms with Gasteiger partial charge in [-0.2, -0.15) is 5.26 Å². The van der Waals surface area contributed by atoms with Gasteiger partial charge in [0.25, 0.3) is 0 Å². The van der Waals surface area contributed by atoms with Crippen LogP contribution in [0.4, 0.5) is 0 Å². The number of ether oxygens (including phenoxy) is 1. The molecule has 0 bridgehead atoms. The Morgan fingerprint density at radius 3 is 2.67 bits per heavy atom. The Balaban J connectivity index is 1.66. The first-order valence-corrected chi connectivity index (χ1v) is 8.83. The monoisotopic (exact) mass is 352 g/mol. The highest BCUT2D eigenvalue weighted by Gasteiger charge is 2.25. The van der Waals surface area contributed by atoms with Crippen molar-refractivity contribution in [3.63, 3.8) is 0 Å². The molecule has 0 amide bonds. The maximum atomic E-state index is 8.95. The number of fused-ring (bicyclic) bond motifs is 3. The van der Waals surface area contributed by atoms with E-state index in [2.05, 4.69) is 46.0 Å². The molecule has 0 fully saturated rings. The minimum atomic E-state index is 0.106. The molecule has 0 aliphatic carbocycles. The van der Waals surface area contributed by atoms with E-state index in [1.54, 1.807) is 12.3 Å². The Morgan fingerprint density at radius 1 is 1.04 bits per heavy atom. The minimum Gasteiger partial charge on any atom is -0.371 e. The van der Waals surface area contributed by atoms with Crippen molar-refractivity contribution in [1.82, 2.24) is 14.5 Å². The summed E-state index contributed by atoms with van der Waals surface area (Å²) in [6, 6.07) is 22.4. The molecule has 0 spiro atoms. The van der Waals surface area contributed by atoms with Crippen LogP contribution in [0, 0.1) is 11.3 Å². The van der Waals surface area contributed by atoms with Crippen LogP contribution in [0.1, 0.15) is 23.1 Å².